The molecular formula is C12H9BrN2O. The number of anilines is 1. The molecule has 1 N–H and O–H groups in total. The van der Waals surface area contributed by atoms with Crippen molar-refractivity contribution >= 4 is 21.6 Å². The summed E-state index contributed by atoms with van der Waals surface area (Å²) in [5, 5.41) is 11.9. The molecular weight excluding hydrogens is 268 g/mol. The standard InChI is InChI=1S/C12H9BrN2O/c13-12-5-4-11(16-12)8-15-10-3-1-2-9(6-10)7-14/h1-6,15H,8H2. The van der Waals surface area contributed by atoms with Gasteiger partial charge in [0.25, 0.3) is 0 Å². The predicted molar refractivity (Wildman–Crippen MR) is 64.9 cm³/mol. The summed E-state index contributed by atoms with van der Waals surface area (Å²) in [7, 11) is 0. The summed E-state index contributed by atoms with van der Waals surface area (Å²) >= 11 is 3.24. The van der Waals surface area contributed by atoms with Crippen LogP contribution in [0.4, 0.5) is 5.69 Å². The van der Waals surface area contributed by atoms with E-state index in [-0.39, 0.29) is 0 Å². The lowest BCUT2D eigenvalue weighted by atomic mass is 10.2. The fourth-order valence-electron chi connectivity index (χ4n) is 1.33. The zero-order chi connectivity index (χ0) is 11.4. The Hall–Kier alpha value is -1.73. The van der Waals surface area contributed by atoms with Crippen LogP contribution < -0.4 is 5.32 Å². The third-order valence-corrected chi connectivity index (χ3v) is 2.51. The molecule has 0 saturated heterocycles. The van der Waals surface area contributed by atoms with E-state index in [2.05, 4.69) is 27.3 Å². The molecule has 16 heavy (non-hydrogen) atoms. The second kappa shape index (κ2) is 4.86. The third-order valence-electron chi connectivity index (χ3n) is 2.09. The molecule has 0 unspecified atom stereocenters. The Morgan fingerprint density at radius 2 is 2.19 bits per heavy atom. The second-order valence-corrected chi connectivity index (χ2v) is 4.03. The Kier molecular flexibility index (Phi) is 3.28. The van der Waals surface area contributed by atoms with Gasteiger partial charge < -0.3 is 9.73 Å². The Balaban J connectivity index is 2.02. The summed E-state index contributed by atoms with van der Waals surface area (Å²) < 4.78 is 6.07. The molecule has 80 valence electrons. The van der Waals surface area contributed by atoms with Gasteiger partial charge in [-0.3, -0.25) is 0 Å². The maximum Gasteiger partial charge on any atom is 0.169 e. The zero-order valence-electron chi connectivity index (χ0n) is 8.40. The maximum atomic E-state index is 8.75. The first-order chi connectivity index (χ1) is 7.78. The van der Waals surface area contributed by atoms with Crippen LogP contribution in [0.1, 0.15) is 11.3 Å². The van der Waals surface area contributed by atoms with Crippen LogP contribution >= 0.6 is 15.9 Å². The van der Waals surface area contributed by atoms with Crippen molar-refractivity contribution < 1.29 is 4.42 Å². The van der Waals surface area contributed by atoms with Gasteiger partial charge in [0.1, 0.15) is 5.76 Å². The summed E-state index contributed by atoms with van der Waals surface area (Å²) in [6, 6.07) is 13.2. The molecule has 0 saturated carbocycles. The van der Waals surface area contributed by atoms with Crippen molar-refractivity contribution in [2.24, 2.45) is 0 Å². The topological polar surface area (TPSA) is 49.0 Å². The van der Waals surface area contributed by atoms with E-state index in [1.54, 1.807) is 12.1 Å². The average molecular weight is 277 g/mol. The number of nitrogens with one attached hydrogen (secondary N) is 1. The molecule has 2 rings (SSSR count). The molecule has 1 aromatic heterocycles. The van der Waals surface area contributed by atoms with Crippen molar-refractivity contribution in [1.82, 2.24) is 0 Å². The van der Waals surface area contributed by atoms with Gasteiger partial charge in [-0.25, -0.2) is 0 Å². The summed E-state index contributed by atoms with van der Waals surface area (Å²) in [6.07, 6.45) is 0. The molecule has 2 aromatic rings. The fourth-order valence-corrected chi connectivity index (χ4v) is 1.67. The minimum atomic E-state index is 0.598. The normalized spacial score (nSPS) is 9.75. The first-order valence-electron chi connectivity index (χ1n) is 4.76. The smallest absolute Gasteiger partial charge is 0.169 e. The van der Waals surface area contributed by atoms with Crippen LogP contribution in [0.2, 0.25) is 0 Å². The van der Waals surface area contributed by atoms with Crippen molar-refractivity contribution in [2.75, 3.05) is 5.32 Å². The zero-order valence-corrected chi connectivity index (χ0v) is 9.99. The number of halogens is 1. The number of furan rings is 1. The molecule has 0 aliphatic carbocycles. The van der Waals surface area contributed by atoms with Gasteiger partial charge in [-0.05, 0) is 46.3 Å². The molecule has 0 aliphatic heterocycles. The SMILES string of the molecule is N#Cc1cccc(NCc2ccc(Br)o2)c1. The van der Waals surface area contributed by atoms with Gasteiger partial charge in [-0.15, -0.1) is 0 Å². The summed E-state index contributed by atoms with van der Waals surface area (Å²) in [4.78, 5) is 0. The largest absolute Gasteiger partial charge is 0.452 e. The van der Waals surface area contributed by atoms with Gasteiger partial charge in [0.15, 0.2) is 4.67 Å². The molecule has 0 fully saturated rings. The minimum Gasteiger partial charge on any atom is -0.452 e. The highest BCUT2D eigenvalue weighted by molar-refractivity contribution is 9.10. The van der Waals surface area contributed by atoms with E-state index in [1.165, 1.54) is 0 Å². The van der Waals surface area contributed by atoms with Gasteiger partial charge in [0.2, 0.25) is 0 Å². The van der Waals surface area contributed by atoms with E-state index in [1.807, 2.05) is 24.3 Å². The number of hydrogen-bond acceptors (Lipinski definition) is 3. The van der Waals surface area contributed by atoms with Gasteiger partial charge in [0, 0.05) is 5.69 Å². The van der Waals surface area contributed by atoms with E-state index in [0.717, 1.165) is 16.1 Å². The first kappa shape index (κ1) is 10.8. The van der Waals surface area contributed by atoms with Crippen molar-refractivity contribution in [2.45, 2.75) is 6.54 Å². The average Bonchev–Trinajstić information content (AvgIpc) is 2.73. The molecule has 0 atom stereocenters. The number of benzene rings is 1. The predicted octanol–water partition coefficient (Wildman–Crippen LogP) is 3.53. The highest BCUT2D eigenvalue weighted by Crippen LogP contribution is 2.16. The van der Waals surface area contributed by atoms with Crippen LogP contribution in [0, 0.1) is 11.3 Å². The minimum absolute atomic E-state index is 0.598. The van der Waals surface area contributed by atoms with Gasteiger partial charge >= 0.3 is 0 Å². The van der Waals surface area contributed by atoms with Crippen LogP contribution in [0.5, 0.6) is 0 Å². The first-order valence-corrected chi connectivity index (χ1v) is 5.55. The highest BCUT2D eigenvalue weighted by atomic mass is 79.9. The molecule has 3 nitrogen and oxygen atoms in total. The van der Waals surface area contributed by atoms with Crippen LogP contribution in [0.15, 0.2) is 45.5 Å². The van der Waals surface area contributed by atoms with Crippen LogP contribution in [-0.4, -0.2) is 0 Å². The molecule has 0 bridgehead atoms. The van der Waals surface area contributed by atoms with Crippen LogP contribution in [0.25, 0.3) is 0 Å². The van der Waals surface area contributed by atoms with Crippen molar-refractivity contribution in [1.29, 1.82) is 5.26 Å². The molecule has 1 aromatic carbocycles. The highest BCUT2D eigenvalue weighted by Gasteiger charge is 1.99. The molecule has 0 amide bonds. The summed E-state index contributed by atoms with van der Waals surface area (Å²) in [5.41, 5.74) is 1.55. The van der Waals surface area contributed by atoms with Crippen molar-refractivity contribution in [3.8, 4) is 6.07 Å². The number of nitriles is 1. The Morgan fingerprint density at radius 3 is 2.88 bits per heavy atom. The number of hydrogen-bond donors (Lipinski definition) is 1. The van der Waals surface area contributed by atoms with Crippen LogP contribution in [-0.2, 0) is 6.54 Å². The van der Waals surface area contributed by atoms with Crippen molar-refractivity contribution in [3.05, 3.63) is 52.4 Å². The summed E-state index contributed by atoms with van der Waals surface area (Å²) in [6.45, 7) is 0.598. The Bertz CT molecular complexity index is 528. The lowest BCUT2D eigenvalue weighted by molar-refractivity contribution is 0.495. The van der Waals surface area contributed by atoms with Gasteiger partial charge in [-0.1, -0.05) is 6.07 Å². The molecule has 4 heteroatoms. The maximum absolute atomic E-state index is 8.75. The monoisotopic (exact) mass is 276 g/mol. The van der Waals surface area contributed by atoms with E-state index < -0.39 is 0 Å². The number of rotatable bonds is 3. The fraction of sp³-hybridized carbons (Fsp3) is 0.0833. The van der Waals surface area contributed by atoms with Gasteiger partial charge in [0.05, 0.1) is 18.2 Å². The third kappa shape index (κ3) is 2.65. The molecule has 1 heterocycles. The molecule has 0 spiro atoms. The lowest BCUT2D eigenvalue weighted by Crippen LogP contribution is -1.97. The van der Waals surface area contributed by atoms with E-state index in [0.29, 0.717) is 12.1 Å². The Morgan fingerprint density at radius 1 is 1.31 bits per heavy atom. The van der Waals surface area contributed by atoms with Crippen molar-refractivity contribution in [3.63, 3.8) is 0 Å². The summed E-state index contributed by atoms with van der Waals surface area (Å²) in [5.74, 6) is 0.842. The molecule has 0 radical (unpaired) electrons. The van der Waals surface area contributed by atoms with E-state index >= 15 is 0 Å². The Labute approximate surface area is 102 Å². The number of nitrogens with zero attached hydrogens (tertiary/aromatic N) is 1. The van der Waals surface area contributed by atoms with E-state index in [9.17, 15) is 0 Å². The lowest BCUT2D eigenvalue weighted by Gasteiger charge is -2.03. The quantitative estimate of drug-likeness (QED) is 0.933. The molecule has 0 aliphatic rings. The second-order valence-electron chi connectivity index (χ2n) is 3.25. The van der Waals surface area contributed by atoms with Gasteiger partial charge in [-0.2, -0.15) is 5.26 Å². The van der Waals surface area contributed by atoms with E-state index in [4.69, 9.17) is 9.68 Å². The van der Waals surface area contributed by atoms with Crippen LogP contribution in [0.3, 0.4) is 0 Å².